The van der Waals surface area contributed by atoms with Gasteiger partial charge in [0.1, 0.15) is 6.04 Å². The van der Waals surface area contributed by atoms with Gasteiger partial charge in [-0.2, -0.15) is 0 Å². The molecule has 6 nitrogen and oxygen atoms in total. The zero-order chi connectivity index (χ0) is 18.0. The van der Waals surface area contributed by atoms with E-state index in [1.165, 1.54) is 0 Å². The van der Waals surface area contributed by atoms with Crippen LogP contribution in [0.1, 0.15) is 27.9 Å². The second kappa shape index (κ2) is 6.76. The van der Waals surface area contributed by atoms with Gasteiger partial charge in [0.2, 0.25) is 11.8 Å². The average molecular weight is 337 g/mol. The fourth-order valence-corrected chi connectivity index (χ4v) is 2.73. The Balaban J connectivity index is 1.72. The number of hydrogen-bond acceptors (Lipinski definition) is 3. The van der Waals surface area contributed by atoms with Crippen molar-refractivity contribution in [2.24, 2.45) is 0 Å². The molecule has 1 aliphatic rings. The van der Waals surface area contributed by atoms with E-state index in [0.717, 1.165) is 11.1 Å². The van der Waals surface area contributed by atoms with E-state index < -0.39 is 11.9 Å². The van der Waals surface area contributed by atoms with Crippen molar-refractivity contribution in [2.75, 3.05) is 10.6 Å². The predicted molar refractivity (Wildman–Crippen MR) is 95.5 cm³/mol. The van der Waals surface area contributed by atoms with Gasteiger partial charge >= 0.3 is 0 Å². The molecular formula is C19H19N3O3. The number of rotatable bonds is 3. The highest BCUT2D eigenvalue weighted by atomic mass is 16.2. The Labute approximate surface area is 145 Å². The lowest BCUT2D eigenvalue weighted by Gasteiger charge is -2.15. The monoisotopic (exact) mass is 337 g/mol. The number of nitrogens with one attached hydrogen (secondary N) is 3. The van der Waals surface area contributed by atoms with Crippen LogP contribution in [0.25, 0.3) is 0 Å². The van der Waals surface area contributed by atoms with Crippen molar-refractivity contribution in [3.8, 4) is 0 Å². The first-order valence-electron chi connectivity index (χ1n) is 8.02. The molecule has 25 heavy (non-hydrogen) atoms. The normalized spacial score (nSPS) is 16.3. The Kier molecular flexibility index (Phi) is 4.52. The van der Waals surface area contributed by atoms with Crippen LogP contribution in [-0.2, 0) is 9.59 Å². The molecule has 0 spiro atoms. The number of aryl methyl sites for hydroxylation is 1. The molecule has 3 rings (SSSR count). The fraction of sp³-hybridized carbons (Fsp3) is 0.211. The molecule has 3 amide bonds. The maximum absolute atomic E-state index is 12.3. The summed E-state index contributed by atoms with van der Waals surface area (Å²) < 4.78 is 0. The van der Waals surface area contributed by atoms with E-state index in [1.807, 2.05) is 32.0 Å². The Morgan fingerprint density at radius 2 is 1.84 bits per heavy atom. The van der Waals surface area contributed by atoms with Gasteiger partial charge in [0, 0.05) is 5.69 Å². The predicted octanol–water partition coefficient (Wildman–Crippen LogP) is 2.38. The highest BCUT2D eigenvalue weighted by molar-refractivity contribution is 6.11. The summed E-state index contributed by atoms with van der Waals surface area (Å²) in [4.78, 5) is 36.9. The zero-order valence-electron chi connectivity index (χ0n) is 14.1. The third kappa shape index (κ3) is 3.52. The summed E-state index contributed by atoms with van der Waals surface area (Å²) in [5.74, 6) is -1.12. The zero-order valence-corrected chi connectivity index (χ0v) is 14.1. The Morgan fingerprint density at radius 3 is 2.64 bits per heavy atom. The molecule has 2 aromatic rings. The molecule has 0 radical (unpaired) electrons. The molecule has 0 aliphatic carbocycles. The van der Waals surface area contributed by atoms with Crippen molar-refractivity contribution in [3.05, 3.63) is 59.2 Å². The van der Waals surface area contributed by atoms with Gasteiger partial charge in [-0.05, 0) is 43.2 Å². The third-order valence-electron chi connectivity index (χ3n) is 4.32. The highest BCUT2D eigenvalue weighted by Crippen LogP contribution is 2.20. The first-order chi connectivity index (χ1) is 12.0. The first-order valence-corrected chi connectivity index (χ1v) is 8.02. The molecule has 128 valence electrons. The van der Waals surface area contributed by atoms with Crippen LogP contribution >= 0.6 is 0 Å². The smallest absolute Gasteiger partial charge is 0.254 e. The molecule has 0 bridgehead atoms. The lowest BCUT2D eigenvalue weighted by molar-refractivity contribution is -0.122. The van der Waals surface area contributed by atoms with E-state index in [0.29, 0.717) is 16.9 Å². The van der Waals surface area contributed by atoms with Gasteiger partial charge in [0.05, 0.1) is 17.7 Å². The number of carbonyl (C=O) groups is 3. The van der Waals surface area contributed by atoms with Crippen molar-refractivity contribution >= 4 is 29.1 Å². The van der Waals surface area contributed by atoms with Crippen LogP contribution in [0.5, 0.6) is 0 Å². The van der Waals surface area contributed by atoms with E-state index in [2.05, 4.69) is 16.0 Å². The standard InChI is InChI=1S/C19H19N3O3/c1-11-6-5-9-14(12(11)2)20-17(23)10-16-19(25)21-15-8-4-3-7-13(15)18(24)22-16/h3-9,16H,10H2,1-2H3,(H,20,23)(H,21,25)(H,22,24)/t16-/m0/s1. The summed E-state index contributed by atoms with van der Waals surface area (Å²) in [6, 6.07) is 11.4. The molecule has 1 heterocycles. The first kappa shape index (κ1) is 16.7. The minimum absolute atomic E-state index is 0.140. The molecule has 1 aliphatic heterocycles. The summed E-state index contributed by atoms with van der Waals surface area (Å²) in [7, 11) is 0. The quantitative estimate of drug-likeness (QED) is 0.803. The van der Waals surface area contributed by atoms with Crippen molar-refractivity contribution in [1.29, 1.82) is 0 Å². The molecular weight excluding hydrogens is 318 g/mol. The van der Waals surface area contributed by atoms with Gasteiger partial charge in [-0.1, -0.05) is 24.3 Å². The second-order valence-electron chi connectivity index (χ2n) is 6.06. The maximum Gasteiger partial charge on any atom is 0.254 e. The lowest BCUT2D eigenvalue weighted by atomic mass is 10.1. The van der Waals surface area contributed by atoms with Gasteiger partial charge in [0.25, 0.3) is 5.91 Å². The van der Waals surface area contributed by atoms with Crippen LogP contribution < -0.4 is 16.0 Å². The van der Waals surface area contributed by atoms with Gasteiger partial charge in [-0.15, -0.1) is 0 Å². The molecule has 0 fully saturated rings. The number of hydrogen-bond donors (Lipinski definition) is 3. The maximum atomic E-state index is 12.3. The molecule has 1 atom stereocenters. The molecule has 0 unspecified atom stereocenters. The summed E-state index contributed by atoms with van der Waals surface area (Å²) in [6.07, 6.45) is -0.140. The van der Waals surface area contributed by atoms with Gasteiger partial charge in [-0.25, -0.2) is 0 Å². The van der Waals surface area contributed by atoms with Crippen LogP contribution in [0, 0.1) is 13.8 Å². The minimum atomic E-state index is -0.926. The summed E-state index contributed by atoms with van der Waals surface area (Å²) in [5.41, 5.74) is 3.57. The topological polar surface area (TPSA) is 87.3 Å². The Bertz CT molecular complexity index is 861. The third-order valence-corrected chi connectivity index (χ3v) is 4.32. The number of anilines is 2. The van der Waals surface area contributed by atoms with Gasteiger partial charge in [0.15, 0.2) is 0 Å². The van der Waals surface area contributed by atoms with E-state index in [4.69, 9.17) is 0 Å². The van der Waals surface area contributed by atoms with E-state index >= 15 is 0 Å². The van der Waals surface area contributed by atoms with E-state index in [9.17, 15) is 14.4 Å². The molecule has 6 heteroatoms. The molecule has 0 aromatic heterocycles. The number of fused-ring (bicyclic) bond motifs is 1. The van der Waals surface area contributed by atoms with Gasteiger partial charge in [-0.3, -0.25) is 14.4 Å². The van der Waals surface area contributed by atoms with Crippen LogP contribution in [-0.4, -0.2) is 23.8 Å². The average Bonchev–Trinajstić information content (AvgIpc) is 2.69. The second-order valence-corrected chi connectivity index (χ2v) is 6.06. The largest absolute Gasteiger partial charge is 0.340 e. The molecule has 0 saturated heterocycles. The SMILES string of the molecule is Cc1cccc(NC(=O)C[C@@H]2NC(=O)c3ccccc3NC2=O)c1C. The number of amides is 3. The summed E-state index contributed by atoms with van der Waals surface area (Å²) >= 11 is 0. The summed E-state index contributed by atoms with van der Waals surface area (Å²) in [6.45, 7) is 3.88. The van der Waals surface area contributed by atoms with E-state index in [1.54, 1.807) is 24.3 Å². The fourth-order valence-electron chi connectivity index (χ4n) is 2.73. The van der Waals surface area contributed by atoms with Crippen molar-refractivity contribution < 1.29 is 14.4 Å². The van der Waals surface area contributed by atoms with Crippen LogP contribution in [0.4, 0.5) is 11.4 Å². The highest BCUT2D eigenvalue weighted by Gasteiger charge is 2.29. The van der Waals surface area contributed by atoms with Crippen LogP contribution in [0.2, 0.25) is 0 Å². The Morgan fingerprint density at radius 1 is 1.08 bits per heavy atom. The van der Waals surface area contributed by atoms with Gasteiger partial charge < -0.3 is 16.0 Å². The van der Waals surface area contributed by atoms with Crippen molar-refractivity contribution in [1.82, 2.24) is 5.32 Å². The molecule has 0 saturated carbocycles. The van der Waals surface area contributed by atoms with Crippen LogP contribution in [0.3, 0.4) is 0 Å². The van der Waals surface area contributed by atoms with Crippen molar-refractivity contribution in [3.63, 3.8) is 0 Å². The number of benzene rings is 2. The minimum Gasteiger partial charge on any atom is -0.340 e. The number of carbonyl (C=O) groups excluding carboxylic acids is 3. The Hall–Kier alpha value is -3.15. The lowest BCUT2D eigenvalue weighted by Crippen LogP contribution is -2.43. The van der Waals surface area contributed by atoms with Crippen molar-refractivity contribution in [2.45, 2.75) is 26.3 Å². The van der Waals surface area contributed by atoms with Crippen LogP contribution in [0.15, 0.2) is 42.5 Å². The summed E-state index contributed by atoms with van der Waals surface area (Å²) in [5, 5.41) is 8.11. The molecule has 2 aromatic carbocycles. The number of para-hydroxylation sites is 1. The molecule has 3 N–H and O–H groups in total. The van der Waals surface area contributed by atoms with E-state index in [-0.39, 0.29) is 18.2 Å².